The third-order valence-electron chi connectivity index (χ3n) is 3.58. The minimum atomic E-state index is 0.364. The number of hydrogen-bond acceptors (Lipinski definition) is 1. The van der Waals surface area contributed by atoms with Crippen molar-refractivity contribution in [3.8, 4) is 16.9 Å². The maximum Gasteiger partial charge on any atom is 0.123 e. The third-order valence-corrected chi connectivity index (χ3v) is 3.58. The Kier molecular flexibility index (Phi) is 3.94. The Hall–Kier alpha value is -1.76. The van der Waals surface area contributed by atoms with Crippen molar-refractivity contribution >= 4 is 0 Å². The van der Waals surface area contributed by atoms with Gasteiger partial charge in [-0.15, -0.1) is 0 Å². The van der Waals surface area contributed by atoms with Crippen LogP contribution in [-0.4, -0.2) is 5.11 Å². The summed E-state index contributed by atoms with van der Waals surface area (Å²) in [5.74, 6) is 1.33. The minimum Gasteiger partial charge on any atom is -0.507 e. The zero-order valence-electron chi connectivity index (χ0n) is 12.1. The number of rotatable bonds is 3. The van der Waals surface area contributed by atoms with E-state index in [-0.39, 0.29) is 0 Å². The molecule has 2 aromatic carbocycles. The number of aromatic hydroxyl groups is 1. The molecule has 0 fully saturated rings. The van der Waals surface area contributed by atoms with E-state index in [9.17, 15) is 5.11 Å². The summed E-state index contributed by atoms with van der Waals surface area (Å²) in [6.45, 7) is 8.63. The molecule has 0 aliphatic heterocycles. The second-order valence-electron chi connectivity index (χ2n) is 5.71. The molecule has 0 spiro atoms. The van der Waals surface area contributed by atoms with E-state index < -0.39 is 0 Å². The zero-order valence-corrected chi connectivity index (χ0v) is 12.1. The van der Waals surface area contributed by atoms with Crippen LogP contribution in [0.5, 0.6) is 5.75 Å². The van der Waals surface area contributed by atoms with Gasteiger partial charge in [-0.1, -0.05) is 64.1 Å². The number of phenols is 1. The molecule has 1 heteroatoms. The molecule has 0 aromatic heterocycles. The Balaban J connectivity index is 2.36. The molecule has 2 rings (SSSR count). The van der Waals surface area contributed by atoms with E-state index in [1.807, 2.05) is 12.1 Å². The van der Waals surface area contributed by atoms with Crippen LogP contribution in [0, 0.1) is 0 Å². The normalized spacial score (nSPS) is 11.3. The highest BCUT2D eigenvalue weighted by atomic mass is 16.3. The predicted octanol–water partition coefficient (Wildman–Crippen LogP) is 5.31. The first-order valence-corrected chi connectivity index (χ1v) is 6.92. The van der Waals surface area contributed by atoms with Gasteiger partial charge in [0.2, 0.25) is 0 Å². The summed E-state index contributed by atoms with van der Waals surface area (Å²) in [7, 11) is 0. The van der Waals surface area contributed by atoms with Crippen molar-refractivity contribution in [1.82, 2.24) is 0 Å². The van der Waals surface area contributed by atoms with E-state index in [4.69, 9.17) is 0 Å². The fourth-order valence-corrected chi connectivity index (χ4v) is 2.20. The lowest BCUT2D eigenvalue weighted by Gasteiger charge is -2.11. The van der Waals surface area contributed by atoms with Crippen molar-refractivity contribution in [2.75, 3.05) is 0 Å². The molecular formula is C18H22O. The SMILES string of the molecule is CC(C)c1ccc(-c2ccc(C(C)C)cc2O)cc1. The smallest absolute Gasteiger partial charge is 0.123 e. The average molecular weight is 254 g/mol. The standard InChI is InChI=1S/C18H22O/c1-12(2)14-5-7-15(8-6-14)17-10-9-16(13(3)4)11-18(17)19/h5-13,19H,1-4H3. The van der Waals surface area contributed by atoms with Crippen molar-refractivity contribution in [2.24, 2.45) is 0 Å². The fraction of sp³-hybridized carbons (Fsp3) is 0.333. The van der Waals surface area contributed by atoms with Gasteiger partial charge in [0.1, 0.15) is 5.75 Å². The molecule has 0 amide bonds. The van der Waals surface area contributed by atoms with Crippen LogP contribution in [0.15, 0.2) is 42.5 Å². The molecule has 0 aliphatic carbocycles. The summed E-state index contributed by atoms with van der Waals surface area (Å²) in [4.78, 5) is 0. The number of hydrogen-bond donors (Lipinski definition) is 1. The molecule has 0 heterocycles. The summed E-state index contributed by atoms with van der Waals surface area (Å²) < 4.78 is 0. The van der Waals surface area contributed by atoms with E-state index in [1.165, 1.54) is 11.1 Å². The van der Waals surface area contributed by atoms with Gasteiger partial charge in [-0.2, -0.15) is 0 Å². The van der Waals surface area contributed by atoms with Gasteiger partial charge >= 0.3 is 0 Å². The maximum atomic E-state index is 10.2. The molecule has 0 saturated carbocycles. The van der Waals surface area contributed by atoms with E-state index in [1.54, 1.807) is 0 Å². The van der Waals surface area contributed by atoms with E-state index in [0.717, 1.165) is 11.1 Å². The summed E-state index contributed by atoms with van der Waals surface area (Å²) in [6, 6.07) is 14.4. The Morgan fingerprint density at radius 2 is 1.26 bits per heavy atom. The van der Waals surface area contributed by atoms with Gasteiger partial charge in [0.15, 0.2) is 0 Å². The molecule has 2 aromatic rings. The van der Waals surface area contributed by atoms with Gasteiger partial charge < -0.3 is 5.11 Å². The molecule has 1 nitrogen and oxygen atoms in total. The van der Waals surface area contributed by atoms with Gasteiger partial charge in [0.25, 0.3) is 0 Å². The van der Waals surface area contributed by atoms with Crippen molar-refractivity contribution < 1.29 is 5.11 Å². The molecule has 1 N–H and O–H groups in total. The first-order chi connectivity index (χ1) is 8.99. The molecule has 0 radical (unpaired) electrons. The topological polar surface area (TPSA) is 20.2 Å². The van der Waals surface area contributed by atoms with Crippen LogP contribution in [0.1, 0.15) is 50.7 Å². The van der Waals surface area contributed by atoms with Gasteiger partial charge in [0, 0.05) is 5.56 Å². The fourth-order valence-electron chi connectivity index (χ4n) is 2.20. The van der Waals surface area contributed by atoms with Crippen LogP contribution >= 0.6 is 0 Å². The first kappa shape index (κ1) is 13.7. The second-order valence-corrected chi connectivity index (χ2v) is 5.71. The van der Waals surface area contributed by atoms with Crippen LogP contribution in [-0.2, 0) is 0 Å². The molecule has 0 unspecified atom stereocenters. The maximum absolute atomic E-state index is 10.2. The summed E-state index contributed by atoms with van der Waals surface area (Å²) in [5.41, 5.74) is 4.46. The van der Waals surface area contributed by atoms with Crippen LogP contribution < -0.4 is 0 Å². The summed E-state index contributed by atoms with van der Waals surface area (Å²) >= 11 is 0. The lowest BCUT2D eigenvalue weighted by atomic mass is 9.95. The highest BCUT2D eigenvalue weighted by Crippen LogP contribution is 2.32. The van der Waals surface area contributed by atoms with E-state index >= 15 is 0 Å². The van der Waals surface area contributed by atoms with E-state index in [0.29, 0.717) is 17.6 Å². The van der Waals surface area contributed by atoms with Crippen LogP contribution in [0.2, 0.25) is 0 Å². The second kappa shape index (κ2) is 5.48. The van der Waals surface area contributed by atoms with Crippen molar-refractivity contribution in [3.05, 3.63) is 53.6 Å². The molecule has 0 aliphatic rings. The van der Waals surface area contributed by atoms with Gasteiger partial charge in [-0.05, 0) is 34.6 Å². The van der Waals surface area contributed by atoms with Gasteiger partial charge in [-0.25, -0.2) is 0 Å². The molecule has 0 bridgehead atoms. The third kappa shape index (κ3) is 2.98. The molecule has 0 saturated heterocycles. The number of phenolic OH excluding ortho intramolecular Hbond substituents is 1. The minimum absolute atomic E-state index is 0.364. The monoisotopic (exact) mass is 254 g/mol. The van der Waals surface area contributed by atoms with Crippen molar-refractivity contribution in [2.45, 2.75) is 39.5 Å². The molecular weight excluding hydrogens is 232 g/mol. The highest BCUT2D eigenvalue weighted by molar-refractivity contribution is 5.70. The molecule has 100 valence electrons. The Morgan fingerprint density at radius 1 is 0.737 bits per heavy atom. The van der Waals surface area contributed by atoms with Gasteiger partial charge in [-0.3, -0.25) is 0 Å². The van der Waals surface area contributed by atoms with Crippen molar-refractivity contribution in [3.63, 3.8) is 0 Å². The number of benzene rings is 2. The Morgan fingerprint density at radius 3 is 1.74 bits per heavy atom. The zero-order chi connectivity index (χ0) is 14.0. The van der Waals surface area contributed by atoms with Gasteiger partial charge in [0.05, 0.1) is 0 Å². The van der Waals surface area contributed by atoms with Crippen LogP contribution in [0.4, 0.5) is 0 Å². The van der Waals surface area contributed by atoms with E-state index in [2.05, 4.69) is 58.0 Å². The van der Waals surface area contributed by atoms with Crippen LogP contribution in [0.25, 0.3) is 11.1 Å². The summed E-state index contributed by atoms with van der Waals surface area (Å²) in [6.07, 6.45) is 0. The van der Waals surface area contributed by atoms with Crippen molar-refractivity contribution in [1.29, 1.82) is 0 Å². The quantitative estimate of drug-likeness (QED) is 0.787. The molecule has 0 atom stereocenters. The Bertz CT molecular complexity index is 550. The Labute approximate surface area is 115 Å². The molecule has 19 heavy (non-hydrogen) atoms. The predicted molar refractivity (Wildman–Crippen MR) is 81.7 cm³/mol. The average Bonchev–Trinajstić information content (AvgIpc) is 2.38. The largest absolute Gasteiger partial charge is 0.507 e. The van der Waals surface area contributed by atoms with Crippen LogP contribution in [0.3, 0.4) is 0 Å². The first-order valence-electron chi connectivity index (χ1n) is 6.92. The highest BCUT2D eigenvalue weighted by Gasteiger charge is 2.08. The lowest BCUT2D eigenvalue weighted by Crippen LogP contribution is -1.89. The lowest BCUT2D eigenvalue weighted by molar-refractivity contribution is 0.476. The summed E-state index contributed by atoms with van der Waals surface area (Å²) in [5, 5.41) is 10.2.